The van der Waals surface area contributed by atoms with E-state index in [4.69, 9.17) is 26.2 Å². The Kier molecular flexibility index (Phi) is 6.78. The highest BCUT2D eigenvalue weighted by Crippen LogP contribution is 2.21. The lowest BCUT2D eigenvalue weighted by Gasteiger charge is -2.10. The van der Waals surface area contributed by atoms with E-state index >= 15 is 0 Å². The molecular formula is C17H17ClN2O6S. The van der Waals surface area contributed by atoms with Gasteiger partial charge in [-0.2, -0.15) is 0 Å². The van der Waals surface area contributed by atoms with E-state index in [9.17, 15) is 18.0 Å². The van der Waals surface area contributed by atoms with Crippen molar-refractivity contribution in [2.75, 3.05) is 13.7 Å². The number of nitrogens with two attached hydrogens (primary N) is 1. The van der Waals surface area contributed by atoms with Crippen molar-refractivity contribution in [3.8, 4) is 5.75 Å². The lowest BCUT2D eigenvalue weighted by Crippen LogP contribution is -2.28. The van der Waals surface area contributed by atoms with Gasteiger partial charge in [0.1, 0.15) is 5.75 Å². The number of benzene rings is 2. The van der Waals surface area contributed by atoms with Gasteiger partial charge >= 0.3 is 5.97 Å². The number of esters is 1. The summed E-state index contributed by atoms with van der Waals surface area (Å²) >= 11 is 5.88. The highest BCUT2D eigenvalue weighted by atomic mass is 35.5. The molecule has 1 amide bonds. The van der Waals surface area contributed by atoms with Crippen LogP contribution in [0.3, 0.4) is 0 Å². The monoisotopic (exact) mass is 412 g/mol. The molecule has 2 aromatic rings. The highest BCUT2D eigenvalue weighted by Gasteiger charge is 2.18. The average Bonchev–Trinajstić information content (AvgIpc) is 2.64. The zero-order valence-electron chi connectivity index (χ0n) is 14.3. The number of sulfonamides is 1. The quantitative estimate of drug-likeness (QED) is 0.663. The molecule has 2 rings (SSSR count). The molecule has 0 saturated carbocycles. The smallest absolute Gasteiger partial charge is 0.340 e. The minimum atomic E-state index is -4.01. The largest absolute Gasteiger partial charge is 0.496 e. The summed E-state index contributed by atoms with van der Waals surface area (Å²) < 4.78 is 32.8. The van der Waals surface area contributed by atoms with Gasteiger partial charge < -0.3 is 14.8 Å². The average molecular weight is 413 g/mol. The van der Waals surface area contributed by atoms with Gasteiger partial charge in [0.05, 0.1) is 22.6 Å². The molecule has 0 spiro atoms. The van der Waals surface area contributed by atoms with Crippen LogP contribution in [0.25, 0.3) is 0 Å². The lowest BCUT2D eigenvalue weighted by atomic mass is 10.2. The summed E-state index contributed by atoms with van der Waals surface area (Å²) in [6.45, 7) is -0.383. The number of nitrogens with one attached hydrogen (secondary N) is 1. The number of primary sulfonamides is 1. The van der Waals surface area contributed by atoms with E-state index < -0.39 is 28.5 Å². The van der Waals surface area contributed by atoms with Crippen LogP contribution in [0.4, 0.5) is 0 Å². The fraction of sp³-hybridized carbons (Fsp3) is 0.176. The number of hydrogen-bond donors (Lipinski definition) is 2. The minimum Gasteiger partial charge on any atom is -0.496 e. The first-order valence-electron chi connectivity index (χ1n) is 7.60. The third-order valence-electron chi connectivity index (χ3n) is 3.49. The van der Waals surface area contributed by atoms with E-state index in [1.54, 1.807) is 24.3 Å². The van der Waals surface area contributed by atoms with E-state index in [0.717, 1.165) is 17.7 Å². The summed E-state index contributed by atoms with van der Waals surface area (Å²) in [6, 6.07) is 10.5. The molecule has 0 fully saturated rings. The Balaban J connectivity index is 1.96. The Morgan fingerprint density at radius 2 is 1.89 bits per heavy atom. The van der Waals surface area contributed by atoms with Gasteiger partial charge in [0.25, 0.3) is 5.91 Å². The van der Waals surface area contributed by atoms with E-state index in [0.29, 0.717) is 5.75 Å². The molecule has 0 radical (unpaired) electrons. The maximum absolute atomic E-state index is 12.1. The van der Waals surface area contributed by atoms with Crippen molar-refractivity contribution in [1.82, 2.24) is 5.32 Å². The van der Waals surface area contributed by atoms with Gasteiger partial charge in [0.15, 0.2) is 6.61 Å². The van der Waals surface area contributed by atoms with Gasteiger partial charge in [-0.05, 0) is 24.3 Å². The molecule has 0 aliphatic heterocycles. The van der Waals surface area contributed by atoms with Crippen molar-refractivity contribution in [2.45, 2.75) is 11.4 Å². The lowest BCUT2D eigenvalue weighted by molar-refractivity contribution is -0.124. The van der Waals surface area contributed by atoms with Gasteiger partial charge in [-0.3, -0.25) is 4.79 Å². The third-order valence-corrected chi connectivity index (χ3v) is 4.73. The van der Waals surface area contributed by atoms with Crippen LogP contribution in [-0.2, 0) is 26.1 Å². The van der Waals surface area contributed by atoms with Crippen molar-refractivity contribution in [3.05, 3.63) is 58.6 Å². The molecular weight excluding hydrogens is 396 g/mol. The molecule has 0 aliphatic carbocycles. The van der Waals surface area contributed by atoms with Gasteiger partial charge in [-0.15, -0.1) is 0 Å². The van der Waals surface area contributed by atoms with Crippen LogP contribution in [0.1, 0.15) is 15.9 Å². The number of carbonyl (C=O) groups is 2. The molecule has 144 valence electrons. The molecule has 0 aromatic heterocycles. The summed E-state index contributed by atoms with van der Waals surface area (Å²) in [7, 11) is -2.49. The Morgan fingerprint density at radius 3 is 2.56 bits per heavy atom. The summed E-state index contributed by atoms with van der Waals surface area (Å²) in [5, 5.41) is 7.58. The second-order valence-electron chi connectivity index (χ2n) is 5.35. The molecule has 0 saturated heterocycles. The molecule has 2 aromatic carbocycles. The summed E-state index contributed by atoms with van der Waals surface area (Å²) in [4.78, 5) is 23.7. The second-order valence-corrected chi connectivity index (χ2v) is 7.32. The minimum absolute atomic E-state index is 0.0261. The van der Waals surface area contributed by atoms with Crippen molar-refractivity contribution in [2.24, 2.45) is 5.14 Å². The van der Waals surface area contributed by atoms with Crippen LogP contribution in [-0.4, -0.2) is 34.0 Å². The first kappa shape index (κ1) is 20.7. The van der Waals surface area contributed by atoms with Crippen LogP contribution in [0.5, 0.6) is 5.75 Å². The van der Waals surface area contributed by atoms with Crippen molar-refractivity contribution in [1.29, 1.82) is 0 Å². The predicted octanol–water partition coefficient (Wildman–Crippen LogP) is 1.47. The number of carbonyl (C=O) groups excluding carboxylic acids is 2. The van der Waals surface area contributed by atoms with Gasteiger partial charge in [0, 0.05) is 12.1 Å². The Morgan fingerprint density at radius 1 is 1.19 bits per heavy atom. The van der Waals surface area contributed by atoms with E-state index in [1.165, 1.54) is 13.2 Å². The van der Waals surface area contributed by atoms with E-state index in [2.05, 4.69) is 5.32 Å². The Labute approximate surface area is 161 Å². The maximum Gasteiger partial charge on any atom is 0.340 e. The number of rotatable bonds is 7. The Bertz CT molecular complexity index is 962. The Hall–Kier alpha value is -2.62. The number of ether oxygens (including phenoxy) is 2. The summed E-state index contributed by atoms with van der Waals surface area (Å²) in [5.74, 6) is -0.882. The normalized spacial score (nSPS) is 10.9. The van der Waals surface area contributed by atoms with Crippen LogP contribution in [0.15, 0.2) is 47.4 Å². The number of methoxy groups -OCH3 is 1. The van der Waals surface area contributed by atoms with Crippen LogP contribution in [0, 0.1) is 0 Å². The van der Waals surface area contributed by atoms with Crippen molar-refractivity contribution >= 4 is 33.5 Å². The van der Waals surface area contributed by atoms with E-state index in [-0.39, 0.29) is 22.0 Å². The molecule has 27 heavy (non-hydrogen) atoms. The zero-order valence-corrected chi connectivity index (χ0v) is 15.8. The molecule has 0 aliphatic rings. The van der Waals surface area contributed by atoms with Gasteiger partial charge in [-0.1, -0.05) is 29.8 Å². The summed E-state index contributed by atoms with van der Waals surface area (Å²) in [6.07, 6.45) is 0. The zero-order chi connectivity index (χ0) is 20.0. The number of hydrogen-bond acceptors (Lipinski definition) is 6. The summed E-state index contributed by atoms with van der Waals surface area (Å²) in [5.41, 5.74) is 0.546. The molecule has 0 atom stereocenters. The van der Waals surface area contributed by atoms with Gasteiger partial charge in [-0.25, -0.2) is 18.4 Å². The SMILES string of the molecule is COc1ccccc1CNC(=O)COC(=O)c1cc(S(N)(=O)=O)ccc1Cl. The molecule has 0 heterocycles. The molecule has 0 bridgehead atoms. The first-order valence-corrected chi connectivity index (χ1v) is 9.53. The van der Waals surface area contributed by atoms with Crippen molar-refractivity contribution in [3.63, 3.8) is 0 Å². The number of halogens is 1. The van der Waals surface area contributed by atoms with Crippen LogP contribution in [0.2, 0.25) is 5.02 Å². The van der Waals surface area contributed by atoms with Crippen LogP contribution >= 0.6 is 11.6 Å². The third kappa shape index (κ3) is 5.68. The number of amides is 1. The molecule has 8 nitrogen and oxygen atoms in total. The molecule has 0 unspecified atom stereocenters. The second kappa shape index (κ2) is 8.85. The highest BCUT2D eigenvalue weighted by molar-refractivity contribution is 7.89. The van der Waals surface area contributed by atoms with Crippen LogP contribution < -0.4 is 15.2 Å². The maximum atomic E-state index is 12.1. The topological polar surface area (TPSA) is 125 Å². The molecule has 10 heteroatoms. The fourth-order valence-electron chi connectivity index (χ4n) is 2.14. The van der Waals surface area contributed by atoms with E-state index in [1.807, 2.05) is 0 Å². The molecule has 3 N–H and O–H groups in total. The standard InChI is InChI=1S/C17H17ClN2O6S/c1-25-15-5-3-2-4-11(15)9-20-16(21)10-26-17(22)13-8-12(27(19,23)24)6-7-14(13)18/h2-8H,9-10H2,1H3,(H,20,21)(H2,19,23,24). The number of para-hydroxylation sites is 1. The van der Waals surface area contributed by atoms with Crippen molar-refractivity contribution < 1.29 is 27.5 Å². The first-order chi connectivity index (χ1) is 12.7. The van der Waals surface area contributed by atoms with Gasteiger partial charge in [0.2, 0.25) is 10.0 Å². The predicted molar refractivity (Wildman–Crippen MR) is 97.9 cm³/mol. The fourth-order valence-corrected chi connectivity index (χ4v) is 2.88.